The van der Waals surface area contributed by atoms with Gasteiger partial charge < -0.3 is 22.0 Å². The van der Waals surface area contributed by atoms with Gasteiger partial charge in [0.2, 0.25) is 5.96 Å². The Balaban J connectivity index is 0.000000796. The SMILES string of the molecule is CN=C(N=C(N)N)NCCc1ccccc1.O=[N+]([O-])O. The molecular weight excluding hydrogens is 264 g/mol. The van der Waals surface area contributed by atoms with Crippen molar-refractivity contribution in [2.24, 2.45) is 21.5 Å². The van der Waals surface area contributed by atoms with Crippen molar-refractivity contribution in [1.29, 1.82) is 0 Å². The molecule has 0 aliphatic rings. The van der Waals surface area contributed by atoms with E-state index in [1.165, 1.54) is 5.56 Å². The van der Waals surface area contributed by atoms with E-state index in [1.807, 2.05) is 18.2 Å². The van der Waals surface area contributed by atoms with Gasteiger partial charge in [-0.3, -0.25) is 4.99 Å². The number of nitrogens with two attached hydrogens (primary N) is 2. The van der Waals surface area contributed by atoms with E-state index in [2.05, 4.69) is 27.4 Å². The summed E-state index contributed by atoms with van der Waals surface area (Å²) in [6.07, 6.45) is 0.903. The van der Waals surface area contributed by atoms with Crippen molar-refractivity contribution in [2.75, 3.05) is 13.6 Å². The van der Waals surface area contributed by atoms with Crippen LogP contribution in [-0.2, 0) is 6.42 Å². The largest absolute Gasteiger partial charge is 0.370 e. The quantitative estimate of drug-likeness (QED) is 0.259. The Morgan fingerprint density at radius 1 is 1.40 bits per heavy atom. The number of nitrogens with one attached hydrogen (secondary N) is 1. The molecule has 0 saturated carbocycles. The number of hydrogen-bond acceptors (Lipinski definition) is 3. The molecule has 0 unspecified atom stereocenters. The van der Waals surface area contributed by atoms with Crippen LogP contribution >= 0.6 is 0 Å². The van der Waals surface area contributed by atoms with Crippen molar-refractivity contribution < 1.29 is 10.3 Å². The second-order valence-electron chi connectivity index (χ2n) is 3.48. The predicted octanol–water partition coefficient (Wildman–Crippen LogP) is -0.270. The Morgan fingerprint density at radius 2 is 1.95 bits per heavy atom. The van der Waals surface area contributed by atoms with Crippen LogP contribution in [-0.4, -0.2) is 35.8 Å². The standard InChI is InChI=1S/C11H17N5.HNO3/c1-14-11(16-10(12)13)15-8-7-9-5-3-2-4-6-9;2-1(3)4/h2-6H,7-8H2,1H3,(H5,12,13,14,15,16);(H,2,3,4). The van der Waals surface area contributed by atoms with Gasteiger partial charge in [0.25, 0.3) is 5.09 Å². The van der Waals surface area contributed by atoms with Crippen LogP contribution in [0.1, 0.15) is 5.56 Å². The van der Waals surface area contributed by atoms with E-state index in [0.717, 1.165) is 13.0 Å². The number of guanidine groups is 2. The highest BCUT2D eigenvalue weighted by molar-refractivity contribution is 5.93. The summed E-state index contributed by atoms with van der Waals surface area (Å²) in [6, 6.07) is 10.2. The summed E-state index contributed by atoms with van der Waals surface area (Å²) in [4.78, 5) is 16.1. The molecule has 9 heteroatoms. The minimum Gasteiger partial charge on any atom is -0.370 e. The molecule has 0 fully saturated rings. The van der Waals surface area contributed by atoms with Gasteiger partial charge in [0, 0.05) is 13.6 Å². The van der Waals surface area contributed by atoms with Crippen LogP contribution < -0.4 is 16.8 Å². The summed E-state index contributed by atoms with van der Waals surface area (Å²) in [6.45, 7) is 0.744. The van der Waals surface area contributed by atoms with Crippen LogP contribution in [0.3, 0.4) is 0 Å². The molecule has 0 radical (unpaired) electrons. The summed E-state index contributed by atoms with van der Waals surface area (Å²) in [7, 11) is 1.64. The summed E-state index contributed by atoms with van der Waals surface area (Å²) in [5.41, 5.74) is 11.8. The molecule has 0 aromatic heterocycles. The molecule has 0 amide bonds. The summed E-state index contributed by atoms with van der Waals surface area (Å²) < 4.78 is 0. The van der Waals surface area contributed by atoms with Crippen molar-refractivity contribution in [3.05, 3.63) is 46.0 Å². The van der Waals surface area contributed by atoms with E-state index in [0.29, 0.717) is 5.96 Å². The minimum absolute atomic E-state index is 0.00723. The number of hydrogen-bond donors (Lipinski definition) is 4. The number of aliphatic imine (C=N–C) groups is 2. The first-order valence-electron chi connectivity index (χ1n) is 5.63. The van der Waals surface area contributed by atoms with E-state index in [9.17, 15) is 0 Å². The minimum atomic E-state index is -1.50. The molecule has 0 spiro atoms. The second-order valence-corrected chi connectivity index (χ2v) is 3.48. The average Bonchev–Trinajstić information content (AvgIpc) is 2.37. The fraction of sp³-hybridized carbons (Fsp3) is 0.273. The van der Waals surface area contributed by atoms with E-state index >= 15 is 0 Å². The van der Waals surface area contributed by atoms with Gasteiger partial charge in [-0.1, -0.05) is 30.3 Å². The van der Waals surface area contributed by atoms with Gasteiger partial charge in [-0.2, -0.15) is 4.99 Å². The van der Waals surface area contributed by atoms with E-state index < -0.39 is 5.09 Å². The highest BCUT2D eigenvalue weighted by Crippen LogP contribution is 1.98. The van der Waals surface area contributed by atoms with Crippen LogP contribution in [0.5, 0.6) is 0 Å². The molecule has 0 aliphatic carbocycles. The van der Waals surface area contributed by atoms with E-state index in [1.54, 1.807) is 7.05 Å². The molecule has 1 rings (SSSR count). The maximum absolute atomic E-state index is 8.36. The Bertz CT molecular complexity index is 452. The van der Waals surface area contributed by atoms with E-state index in [-0.39, 0.29) is 5.96 Å². The van der Waals surface area contributed by atoms with Gasteiger partial charge in [0.1, 0.15) is 0 Å². The molecule has 0 bridgehead atoms. The zero-order valence-electron chi connectivity index (χ0n) is 11.1. The lowest BCUT2D eigenvalue weighted by Crippen LogP contribution is -2.30. The topological polar surface area (TPSA) is 152 Å². The first-order chi connectivity index (χ1) is 9.45. The van der Waals surface area contributed by atoms with Crippen molar-refractivity contribution in [3.8, 4) is 0 Å². The third kappa shape index (κ3) is 10.3. The Kier molecular flexibility index (Phi) is 8.68. The van der Waals surface area contributed by atoms with Gasteiger partial charge >= 0.3 is 0 Å². The summed E-state index contributed by atoms with van der Waals surface area (Å²) in [5, 5.41) is 16.7. The Hall–Kier alpha value is -2.84. The number of nitrogens with zero attached hydrogens (tertiary/aromatic N) is 3. The van der Waals surface area contributed by atoms with Crippen LogP contribution in [0.4, 0.5) is 0 Å². The smallest absolute Gasteiger partial charge is 0.291 e. The van der Waals surface area contributed by atoms with Gasteiger partial charge in [-0.15, -0.1) is 10.1 Å². The lowest BCUT2D eigenvalue weighted by Gasteiger charge is -2.05. The van der Waals surface area contributed by atoms with Crippen LogP contribution in [0.25, 0.3) is 0 Å². The number of benzene rings is 1. The molecule has 0 heterocycles. The third-order valence-corrected chi connectivity index (χ3v) is 1.99. The van der Waals surface area contributed by atoms with Crippen LogP contribution in [0, 0.1) is 10.1 Å². The van der Waals surface area contributed by atoms with Crippen LogP contribution in [0.2, 0.25) is 0 Å². The highest BCUT2D eigenvalue weighted by atomic mass is 16.9. The normalized spacial score (nSPS) is 9.95. The Labute approximate surface area is 116 Å². The van der Waals surface area contributed by atoms with Gasteiger partial charge in [-0.25, -0.2) is 0 Å². The van der Waals surface area contributed by atoms with Crippen molar-refractivity contribution in [2.45, 2.75) is 6.42 Å². The first-order valence-corrected chi connectivity index (χ1v) is 5.63. The van der Waals surface area contributed by atoms with Gasteiger partial charge in [0.15, 0.2) is 5.96 Å². The first kappa shape index (κ1) is 17.2. The highest BCUT2D eigenvalue weighted by Gasteiger charge is 1.95. The van der Waals surface area contributed by atoms with Crippen LogP contribution in [0.15, 0.2) is 40.3 Å². The molecule has 6 N–H and O–H groups in total. The maximum atomic E-state index is 8.36. The lowest BCUT2D eigenvalue weighted by molar-refractivity contribution is -0.742. The summed E-state index contributed by atoms with van der Waals surface area (Å²) in [5.74, 6) is 0.462. The average molecular weight is 282 g/mol. The monoisotopic (exact) mass is 282 g/mol. The zero-order chi connectivity index (χ0) is 15.4. The molecular formula is C11H18N6O3. The molecule has 1 aromatic carbocycles. The second kappa shape index (κ2) is 10.1. The van der Waals surface area contributed by atoms with Crippen molar-refractivity contribution in [1.82, 2.24) is 5.32 Å². The molecule has 9 nitrogen and oxygen atoms in total. The van der Waals surface area contributed by atoms with Gasteiger partial charge in [0.05, 0.1) is 0 Å². The number of rotatable bonds is 3. The maximum Gasteiger partial charge on any atom is 0.291 e. The Morgan fingerprint density at radius 3 is 2.40 bits per heavy atom. The predicted molar refractivity (Wildman–Crippen MR) is 76.1 cm³/mol. The molecule has 1 aromatic rings. The van der Waals surface area contributed by atoms with Crippen molar-refractivity contribution in [3.63, 3.8) is 0 Å². The lowest BCUT2D eigenvalue weighted by atomic mass is 10.1. The summed E-state index contributed by atoms with van der Waals surface area (Å²) >= 11 is 0. The molecule has 110 valence electrons. The fourth-order valence-electron chi connectivity index (χ4n) is 1.25. The molecule has 20 heavy (non-hydrogen) atoms. The fourth-order valence-corrected chi connectivity index (χ4v) is 1.25. The molecule has 0 aliphatic heterocycles. The third-order valence-electron chi connectivity index (χ3n) is 1.99. The molecule has 0 atom stereocenters. The van der Waals surface area contributed by atoms with Gasteiger partial charge in [-0.05, 0) is 12.0 Å². The zero-order valence-corrected chi connectivity index (χ0v) is 11.1. The van der Waals surface area contributed by atoms with E-state index in [4.69, 9.17) is 26.8 Å². The molecule has 0 saturated heterocycles. The van der Waals surface area contributed by atoms with Crippen molar-refractivity contribution >= 4 is 11.9 Å².